The fourth-order valence-electron chi connectivity index (χ4n) is 0. The maximum atomic E-state index is 10.7. The molecule has 0 radical (unpaired) electrons. The van der Waals surface area contributed by atoms with Crippen molar-refractivity contribution in [2.45, 2.75) is 0 Å². The molecule has 0 bridgehead atoms. The summed E-state index contributed by atoms with van der Waals surface area (Å²) in [6.07, 6.45) is 0. The summed E-state index contributed by atoms with van der Waals surface area (Å²) in [6, 6.07) is 0. The second kappa shape index (κ2) is 7.03. The van der Waals surface area contributed by atoms with Gasteiger partial charge in [-0.1, -0.05) is 0 Å². The molecule has 5 heteroatoms. The molecule has 0 N–H and O–H groups in total. The molecule has 0 unspecified atom stereocenters. The molecule has 0 fully saturated rings. The number of hydrogen-bond donors (Lipinski definition) is 0. The fourth-order valence-corrected chi connectivity index (χ4v) is 0. The van der Waals surface area contributed by atoms with Crippen LogP contribution in [0.4, 0.5) is 2.63 Å². The van der Waals surface area contributed by atoms with E-state index in [1.807, 2.05) is 0 Å². The van der Waals surface area contributed by atoms with E-state index in [1.165, 1.54) is 0 Å². The van der Waals surface area contributed by atoms with E-state index in [0.717, 1.165) is 0 Å². The number of rotatable bonds is 0. The molecule has 0 saturated carbocycles. The van der Waals surface area contributed by atoms with Gasteiger partial charge in [-0.25, -0.2) is 0 Å². The van der Waals surface area contributed by atoms with Crippen LogP contribution in [-0.4, -0.2) is 51.4 Å². The maximum absolute atomic E-state index is 10.7. The molecule has 0 heterocycles. The van der Waals surface area contributed by atoms with Crippen LogP contribution in [-0.2, 0) is 20.0 Å². The minimum atomic E-state index is -3.10. The third kappa shape index (κ3) is 19.4. The average molecular weight is 221 g/mol. The number of halogens is 3. The van der Waals surface area contributed by atoms with Crippen LogP contribution < -0.4 is 0 Å². The normalized spacial score (nSPS) is 5.40. The average Bonchev–Trinajstić information content (AvgIpc) is 0.811. The first-order valence-electron chi connectivity index (χ1n) is 0.567. The van der Waals surface area contributed by atoms with Gasteiger partial charge >= 0.3 is 91.0 Å². The molecule has 0 aliphatic heterocycles. The van der Waals surface area contributed by atoms with Crippen molar-refractivity contribution in [2.24, 2.45) is 0 Å². The first kappa shape index (κ1) is 10.9. The van der Waals surface area contributed by atoms with E-state index in [-0.39, 0.29) is 51.4 Å². The Balaban J connectivity index is 0. The molecule has 0 spiro atoms. The van der Waals surface area contributed by atoms with Crippen LogP contribution in [0.25, 0.3) is 0 Å². The van der Waals surface area contributed by atoms with Crippen molar-refractivity contribution in [3.8, 4) is 0 Å². The summed E-state index contributed by atoms with van der Waals surface area (Å²) in [5.74, 6) is 0. The fraction of sp³-hybridized carbons (Fsp3) is 0. The molecule has 0 amide bonds. The van der Waals surface area contributed by atoms with E-state index in [2.05, 4.69) is 17.0 Å². The Morgan fingerprint density at radius 2 is 1.40 bits per heavy atom. The van der Waals surface area contributed by atoms with E-state index in [4.69, 9.17) is 0 Å². The van der Waals surface area contributed by atoms with Gasteiger partial charge in [-0.15, -0.1) is 0 Å². The van der Waals surface area contributed by atoms with Crippen molar-refractivity contribution >= 4 is 68.4 Å². The molecule has 0 aromatic rings. The van der Waals surface area contributed by atoms with Crippen molar-refractivity contribution in [3.05, 3.63) is 0 Å². The number of hydrogen-bond acceptors (Lipinski definition) is 0. The zero-order chi connectivity index (χ0) is 3.58. The monoisotopic (exact) mass is 219 g/mol. The molecule has 0 atom stereocenters. The van der Waals surface area contributed by atoms with Crippen molar-refractivity contribution < 1.29 is 22.6 Å². The predicted molar refractivity (Wildman–Crippen MR) is 20.0 cm³/mol. The molecule has 0 rings (SSSR count). The van der Waals surface area contributed by atoms with Gasteiger partial charge < -0.3 is 0 Å². The SMILES string of the molecule is [F][Zr]([Cl])[Cl].[KH]. The van der Waals surface area contributed by atoms with E-state index in [9.17, 15) is 2.63 Å². The van der Waals surface area contributed by atoms with Gasteiger partial charge in [0.05, 0.1) is 0 Å². The van der Waals surface area contributed by atoms with Gasteiger partial charge in [0.1, 0.15) is 0 Å². The Morgan fingerprint density at radius 3 is 1.40 bits per heavy atom. The Kier molecular flexibility index (Phi) is 15.3. The predicted octanol–water partition coefficient (Wildman–Crippen LogP) is 1.15. The van der Waals surface area contributed by atoms with Gasteiger partial charge in [0.15, 0.2) is 0 Å². The zero-order valence-electron chi connectivity index (χ0n) is 1.63. The minimum absolute atomic E-state index is 0. The van der Waals surface area contributed by atoms with E-state index < -0.39 is 20.0 Å². The third-order valence-electron chi connectivity index (χ3n) is 0. The molecule has 0 aromatic heterocycles. The summed E-state index contributed by atoms with van der Waals surface area (Å²) in [4.78, 5) is 0. The van der Waals surface area contributed by atoms with Gasteiger partial charge in [-0.05, 0) is 0 Å². The summed E-state index contributed by atoms with van der Waals surface area (Å²) in [5, 5.41) is 0. The van der Waals surface area contributed by atoms with E-state index in [0.29, 0.717) is 0 Å². The standard InChI is InChI=1S/2ClH.FH.K.Zr.H/h3*1H;;;/q;;;;+3;/p-3. The summed E-state index contributed by atoms with van der Waals surface area (Å²) >= 11 is -3.10. The molecule has 0 nitrogen and oxygen atoms in total. The molecule has 0 saturated heterocycles. The summed E-state index contributed by atoms with van der Waals surface area (Å²) in [5.41, 5.74) is 0. The Bertz CT molecular complexity index is 14.4. The third-order valence-corrected chi connectivity index (χ3v) is 0. The van der Waals surface area contributed by atoms with Crippen molar-refractivity contribution in [1.29, 1.82) is 0 Å². The second-order valence-electron chi connectivity index (χ2n) is 0.214. The van der Waals surface area contributed by atoms with Crippen LogP contribution >= 0.6 is 17.0 Å². The van der Waals surface area contributed by atoms with Gasteiger partial charge in [0, 0.05) is 0 Å². The Hall–Kier alpha value is 3.03. The molecule has 0 aliphatic carbocycles. The first-order valence-corrected chi connectivity index (χ1v) is 7.83. The van der Waals surface area contributed by atoms with Crippen molar-refractivity contribution in [1.82, 2.24) is 0 Å². The summed E-state index contributed by atoms with van der Waals surface area (Å²) < 4.78 is 10.7. The van der Waals surface area contributed by atoms with Crippen molar-refractivity contribution in [2.75, 3.05) is 0 Å². The van der Waals surface area contributed by atoms with Crippen LogP contribution in [0, 0.1) is 0 Å². The molecule has 0 aromatic carbocycles. The van der Waals surface area contributed by atoms with Crippen LogP contribution in [0.1, 0.15) is 0 Å². The summed E-state index contributed by atoms with van der Waals surface area (Å²) in [7, 11) is 9.14. The van der Waals surface area contributed by atoms with Gasteiger partial charge in [0.25, 0.3) is 0 Å². The molecular formula is HCl2FKZr. The van der Waals surface area contributed by atoms with E-state index >= 15 is 0 Å². The van der Waals surface area contributed by atoms with Crippen LogP contribution in [0.2, 0.25) is 0 Å². The molecular weight excluding hydrogens is 220 g/mol. The van der Waals surface area contributed by atoms with Gasteiger partial charge in [0.2, 0.25) is 0 Å². The Morgan fingerprint density at radius 1 is 1.40 bits per heavy atom. The first-order chi connectivity index (χ1) is 1.73. The zero-order valence-corrected chi connectivity index (χ0v) is 5.60. The molecule has 5 heavy (non-hydrogen) atoms. The van der Waals surface area contributed by atoms with E-state index in [1.54, 1.807) is 0 Å². The van der Waals surface area contributed by atoms with Gasteiger partial charge in [-0.2, -0.15) is 0 Å². The molecule has 0 aliphatic rings. The van der Waals surface area contributed by atoms with Gasteiger partial charge in [-0.3, -0.25) is 0 Å². The molecule has 27 valence electrons. The quantitative estimate of drug-likeness (QED) is 0.538. The van der Waals surface area contributed by atoms with Crippen LogP contribution in [0.5, 0.6) is 0 Å². The van der Waals surface area contributed by atoms with Crippen LogP contribution in [0.15, 0.2) is 0 Å². The summed E-state index contributed by atoms with van der Waals surface area (Å²) in [6.45, 7) is 0. The topological polar surface area (TPSA) is 0 Å². The Labute approximate surface area is 88.5 Å². The second-order valence-corrected chi connectivity index (χ2v) is 6.34. The van der Waals surface area contributed by atoms with Crippen molar-refractivity contribution in [3.63, 3.8) is 0 Å². The van der Waals surface area contributed by atoms with Crippen LogP contribution in [0.3, 0.4) is 0 Å².